The lowest BCUT2D eigenvalue weighted by Gasteiger charge is -2.15. The fourth-order valence-electron chi connectivity index (χ4n) is 2.52. The predicted molar refractivity (Wildman–Crippen MR) is 78.1 cm³/mol. The summed E-state index contributed by atoms with van der Waals surface area (Å²) in [5.74, 6) is 0.613. The minimum absolute atomic E-state index is 0.0610. The molecule has 0 aliphatic carbocycles. The number of carbonyl (C=O) groups excluding carboxylic acids is 1. The first kappa shape index (κ1) is 14.0. The number of carbonyl (C=O) groups is 1. The second-order valence-electron chi connectivity index (χ2n) is 5.23. The van der Waals surface area contributed by atoms with Crippen molar-refractivity contribution >= 4 is 11.6 Å². The number of likely N-dealkylation sites (tertiary alicyclic amines) is 1. The van der Waals surface area contributed by atoms with E-state index in [2.05, 4.69) is 23.2 Å². The Bertz CT molecular complexity index is 433. The van der Waals surface area contributed by atoms with E-state index in [1.54, 1.807) is 0 Å². The van der Waals surface area contributed by atoms with Gasteiger partial charge in [0.2, 0.25) is 5.91 Å². The molecule has 1 fully saturated rings. The van der Waals surface area contributed by atoms with Crippen LogP contribution in [0.5, 0.6) is 0 Å². The minimum atomic E-state index is 0.0610. The maximum absolute atomic E-state index is 12.0. The molecule has 2 rings (SSSR count). The molecule has 1 aliphatic rings. The molecule has 1 aliphatic heterocycles. The van der Waals surface area contributed by atoms with Gasteiger partial charge in [-0.05, 0) is 49.5 Å². The Labute approximate surface area is 115 Å². The number of rotatable bonds is 5. The van der Waals surface area contributed by atoms with Crippen molar-refractivity contribution in [2.24, 2.45) is 11.7 Å². The van der Waals surface area contributed by atoms with E-state index in [9.17, 15) is 4.79 Å². The molecule has 0 saturated carbocycles. The summed E-state index contributed by atoms with van der Waals surface area (Å²) in [4.78, 5) is 14.2. The molecule has 3 N–H and O–H groups in total. The zero-order chi connectivity index (χ0) is 13.7. The van der Waals surface area contributed by atoms with Crippen LogP contribution in [0.3, 0.4) is 0 Å². The van der Waals surface area contributed by atoms with E-state index in [1.165, 1.54) is 5.56 Å². The van der Waals surface area contributed by atoms with Crippen molar-refractivity contribution in [2.75, 3.05) is 31.5 Å². The molecule has 0 radical (unpaired) electrons. The smallest absolute Gasteiger partial charge is 0.238 e. The van der Waals surface area contributed by atoms with Crippen LogP contribution in [0.25, 0.3) is 0 Å². The Kier molecular flexibility index (Phi) is 4.93. The molecule has 1 unspecified atom stereocenters. The summed E-state index contributed by atoms with van der Waals surface area (Å²) in [7, 11) is 0. The van der Waals surface area contributed by atoms with Gasteiger partial charge in [-0.3, -0.25) is 9.69 Å². The molecule has 4 nitrogen and oxygen atoms in total. The first-order chi connectivity index (χ1) is 9.21. The van der Waals surface area contributed by atoms with Crippen LogP contribution in [0, 0.1) is 5.92 Å². The van der Waals surface area contributed by atoms with Crippen LogP contribution in [0.2, 0.25) is 0 Å². The molecule has 1 atom stereocenters. The molecule has 0 bridgehead atoms. The number of hydrogen-bond donors (Lipinski definition) is 2. The van der Waals surface area contributed by atoms with Crippen molar-refractivity contribution < 1.29 is 4.79 Å². The van der Waals surface area contributed by atoms with E-state index in [-0.39, 0.29) is 5.91 Å². The van der Waals surface area contributed by atoms with Gasteiger partial charge in [0.05, 0.1) is 6.54 Å². The highest BCUT2D eigenvalue weighted by Crippen LogP contribution is 2.15. The normalized spacial score (nSPS) is 19.6. The van der Waals surface area contributed by atoms with Gasteiger partial charge in [0, 0.05) is 12.2 Å². The van der Waals surface area contributed by atoms with E-state index in [0.717, 1.165) is 38.2 Å². The van der Waals surface area contributed by atoms with Gasteiger partial charge in [-0.1, -0.05) is 19.1 Å². The van der Waals surface area contributed by atoms with Crippen molar-refractivity contribution in [1.29, 1.82) is 0 Å². The van der Waals surface area contributed by atoms with Gasteiger partial charge < -0.3 is 11.1 Å². The highest BCUT2D eigenvalue weighted by atomic mass is 16.2. The third-order valence-electron chi connectivity index (χ3n) is 3.69. The Hall–Kier alpha value is -1.39. The Morgan fingerprint density at radius 2 is 2.37 bits per heavy atom. The van der Waals surface area contributed by atoms with Crippen LogP contribution in [-0.4, -0.2) is 37.0 Å². The van der Waals surface area contributed by atoms with Gasteiger partial charge in [-0.25, -0.2) is 0 Å². The topological polar surface area (TPSA) is 58.4 Å². The second-order valence-corrected chi connectivity index (χ2v) is 5.23. The number of nitrogens with one attached hydrogen (secondary N) is 1. The van der Waals surface area contributed by atoms with Crippen molar-refractivity contribution in [2.45, 2.75) is 19.8 Å². The number of hydrogen-bond acceptors (Lipinski definition) is 3. The zero-order valence-electron chi connectivity index (χ0n) is 11.6. The quantitative estimate of drug-likeness (QED) is 0.844. The van der Waals surface area contributed by atoms with Crippen LogP contribution < -0.4 is 11.1 Å². The molecule has 19 heavy (non-hydrogen) atoms. The summed E-state index contributed by atoms with van der Waals surface area (Å²) in [5, 5.41) is 2.96. The Balaban J connectivity index is 1.84. The van der Waals surface area contributed by atoms with Crippen molar-refractivity contribution in [1.82, 2.24) is 4.90 Å². The van der Waals surface area contributed by atoms with E-state index in [1.807, 2.05) is 18.2 Å². The number of nitrogens with zero attached hydrogens (tertiary/aromatic N) is 1. The van der Waals surface area contributed by atoms with Crippen molar-refractivity contribution in [3.63, 3.8) is 0 Å². The fraction of sp³-hybridized carbons (Fsp3) is 0.533. The number of amides is 1. The SMILES string of the molecule is CCc1cccc(NC(=O)CN2CCC(CN)C2)c1. The molecule has 1 aromatic carbocycles. The second kappa shape index (κ2) is 6.68. The van der Waals surface area contributed by atoms with Crippen molar-refractivity contribution in [3.8, 4) is 0 Å². The summed E-state index contributed by atoms with van der Waals surface area (Å²) in [6, 6.07) is 8.02. The van der Waals surface area contributed by atoms with Gasteiger partial charge in [0.1, 0.15) is 0 Å². The number of nitrogens with two attached hydrogens (primary N) is 1. The standard InChI is InChI=1S/C15H23N3O/c1-2-12-4-3-5-14(8-12)17-15(19)11-18-7-6-13(9-16)10-18/h3-5,8,13H,2,6-7,9-11,16H2,1H3,(H,17,19). The van der Waals surface area contributed by atoms with Crippen LogP contribution in [0.4, 0.5) is 5.69 Å². The summed E-state index contributed by atoms with van der Waals surface area (Å²) in [5.41, 5.74) is 7.78. The Morgan fingerprint density at radius 1 is 1.53 bits per heavy atom. The molecule has 104 valence electrons. The summed E-state index contributed by atoms with van der Waals surface area (Å²) in [6.45, 7) is 5.21. The van der Waals surface area contributed by atoms with Crippen LogP contribution in [-0.2, 0) is 11.2 Å². The molecular formula is C15H23N3O. The van der Waals surface area contributed by atoms with Gasteiger partial charge in [0.15, 0.2) is 0 Å². The third kappa shape index (κ3) is 4.04. The summed E-state index contributed by atoms with van der Waals surface area (Å²) in [6.07, 6.45) is 2.09. The Morgan fingerprint density at radius 3 is 3.05 bits per heavy atom. The van der Waals surface area contributed by atoms with Crippen molar-refractivity contribution in [3.05, 3.63) is 29.8 Å². The number of aryl methyl sites for hydroxylation is 1. The molecule has 1 aromatic rings. The maximum atomic E-state index is 12.0. The van der Waals surface area contributed by atoms with E-state index in [0.29, 0.717) is 12.5 Å². The number of benzene rings is 1. The molecule has 1 heterocycles. The highest BCUT2D eigenvalue weighted by Gasteiger charge is 2.22. The minimum Gasteiger partial charge on any atom is -0.330 e. The fourth-order valence-corrected chi connectivity index (χ4v) is 2.52. The van der Waals surface area contributed by atoms with E-state index < -0.39 is 0 Å². The van der Waals surface area contributed by atoms with Crippen LogP contribution in [0.15, 0.2) is 24.3 Å². The largest absolute Gasteiger partial charge is 0.330 e. The zero-order valence-corrected chi connectivity index (χ0v) is 11.6. The first-order valence-corrected chi connectivity index (χ1v) is 7.02. The first-order valence-electron chi connectivity index (χ1n) is 7.02. The van der Waals surface area contributed by atoms with Gasteiger partial charge >= 0.3 is 0 Å². The number of anilines is 1. The molecule has 4 heteroatoms. The highest BCUT2D eigenvalue weighted by molar-refractivity contribution is 5.92. The lowest BCUT2D eigenvalue weighted by Crippen LogP contribution is -2.32. The maximum Gasteiger partial charge on any atom is 0.238 e. The molecule has 0 aromatic heterocycles. The van der Waals surface area contributed by atoms with Crippen LogP contribution in [0.1, 0.15) is 18.9 Å². The molecule has 0 spiro atoms. The summed E-state index contributed by atoms with van der Waals surface area (Å²) < 4.78 is 0. The lowest BCUT2D eigenvalue weighted by atomic mass is 10.1. The third-order valence-corrected chi connectivity index (χ3v) is 3.69. The van der Waals surface area contributed by atoms with Gasteiger partial charge in [-0.2, -0.15) is 0 Å². The average Bonchev–Trinajstić information content (AvgIpc) is 2.86. The van der Waals surface area contributed by atoms with Gasteiger partial charge in [-0.15, -0.1) is 0 Å². The lowest BCUT2D eigenvalue weighted by molar-refractivity contribution is -0.117. The molecule has 1 amide bonds. The van der Waals surface area contributed by atoms with E-state index in [4.69, 9.17) is 5.73 Å². The average molecular weight is 261 g/mol. The van der Waals surface area contributed by atoms with Crippen LogP contribution >= 0.6 is 0 Å². The molecular weight excluding hydrogens is 238 g/mol. The van der Waals surface area contributed by atoms with Gasteiger partial charge in [0.25, 0.3) is 0 Å². The summed E-state index contributed by atoms with van der Waals surface area (Å²) >= 11 is 0. The predicted octanol–water partition coefficient (Wildman–Crippen LogP) is 1.47. The monoisotopic (exact) mass is 261 g/mol. The molecule has 1 saturated heterocycles. The van der Waals surface area contributed by atoms with E-state index >= 15 is 0 Å².